The topological polar surface area (TPSA) is 111 Å². The molecule has 1 saturated heterocycles. The van der Waals surface area contributed by atoms with Gasteiger partial charge in [0.05, 0.1) is 17.6 Å². The standard InChI is InChI=1S/C21H26FN5O.3BrH.H2O/c22-16-3-1-15(2-4-16)14-27-20-6-5-18(28)13-19(20)25-21(27)24-17-7-10-26(11-8-17)12-9-23;;;;/h1-6,13,17,28H,7-12,14,23H2,(H,24,25);3*1H;1H2. The van der Waals surface area contributed by atoms with Crippen LogP contribution in [0.1, 0.15) is 18.4 Å². The number of likely N-dealkylation sites (tertiary alicyclic amines) is 1. The summed E-state index contributed by atoms with van der Waals surface area (Å²) in [5.74, 6) is 0.731. The number of nitrogens with two attached hydrogens (primary N) is 1. The van der Waals surface area contributed by atoms with Crippen molar-refractivity contribution >= 4 is 67.9 Å². The second kappa shape index (κ2) is 14.1. The molecule has 6 N–H and O–H groups in total. The molecule has 0 saturated carbocycles. The Balaban J connectivity index is 0.00000240. The first-order chi connectivity index (χ1) is 13.6. The van der Waals surface area contributed by atoms with E-state index in [-0.39, 0.29) is 68.0 Å². The molecule has 32 heavy (non-hydrogen) atoms. The Morgan fingerprint density at radius 3 is 2.34 bits per heavy atom. The van der Waals surface area contributed by atoms with Gasteiger partial charge in [-0.2, -0.15) is 0 Å². The first-order valence-electron chi connectivity index (χ1n) is 9.75. The molecule has 0 atom stereocenters. The highest BCUT2D eigenvalue weighted by Crippen LogP contribution is 2.26. The number of phenols is 1. The fourth-order valence-corrected chi connectivity index (χ4v) is 3.83. The number of hydrogen-bond donors (Lipinski definition) is 3. The van der Waals surface area contributed by atoms with Crippen LogP contribution in [0.15, 0.2) is 42.5 Å². The number of benzene rings is 2. The predicted octanol–water partition coefficient (Wildman–Crippen LogP) is 3.67. The highest BCUT2D eigenvalue weighted by atomic mass is 79.9. The zero-order chi connectivity index (χ0) is 19.5. The number of nitrogens with one attached hydrogen (secondary N) is 1. The van der Waals surface area contributed by atoms with E-state index in [1.54, 1.807) is 24.3 Å². The number of nitrogens with zero attached hydrogens (tertiary/aromatic N) is 3. The van der Waals surface area contributed by atoms with Gasteiger partial charge in [0.25, 0.3) is 0 Å². The Labute approximate surface area is 218 Å². The van der Waals surface area contributed by atoms with Crippen molar-refractivity contribution in [2.45, 2.75) is 25.4 Å². The second-order valence-corrected chi connectivity index (χ2v) is 7.37. The van der Waals surface area contributed by atoms with Gasteiger partial charge in [0.2, 0.25) is 5.95 Å². The van der Waals surface area contributed by atoms with E-state index in [0.717, 1.165) is 55.0 Å². The second-order valence-electron chi connectivity index (χ2n) is 7.37. The molecule has 2 aromatic carbocycles. The van der Waals surface area contributed by atoms with Gasteiger partial charge in [0.15, 0.2) is 0 Å². The van der Waals surface area contributed by atoms with Crippen LogP contribution in [-0.2, 0) is 6.54 Å². The summed E-state index contributed by atoms with van der Waals surface area (Å²) >= 11 is 0. The first-order valence-corrected chi connectivity index (χ1v) is 9.75. The number of rotatable bonds is 6. The fraction of sp³-hybridized carbons (Fsp3) is 0.381. The molecule has 0 spiro atoms. The summed E-state index contributed by atoms with van der Waals surface area (Å²) in [4.78, 5) is 7.11. The SMILES string of the molecule is Br.Br.Br.NCCN1CCC(Nc2nc3cc(O)ccc3n2Cc2ccc(F)cc2)CC1.O. The van der Waals surface area contributed by atoms with Crippen LogP contribution in [0.5, 0.6) is 5.75 Å². The lowest BCUT2D eigenvalue weighted by molar-refractivity contribution is 0.224. The van der Waals surface area contributed by atoms with Crippen molar-refractivity contribution in [2.24, 2.45) is 5.73 Å². The highest BCUT2D eigenvalue weighted by molar-refractivity contribution is 8.93. The Morgan fingerprint density at radius 2 is 1.72 bits per heavy atom. The molecule has 0 amide bonds. The molecule has 1 fully saturated rings. The van der Waals surface area contributed by atoms with Crippen LogP contribution in [0, 0.1) is 5.82 Å². The average molecular weight is 644 g/mol. The molecule has 0 radical (unpaired) electrons. The van der Waals surface area contributed by atoms with E-state index in [1.165, 1.54) is 12.1 Å². The number of aromatic nitrogens is 2. The van der Waals surface area contributed by atoms with Gasteiger partial charge in [-0.3, -0.25) is 0 Å². The minimum Gasteiger partial charge on any atom is -0.508 e. The van der Waals surface area contributed by atoms with Crippen LogP contribution in [-0.4, -0.2) is 57.3 Å². The minimum absolute atomic E-state index is 0. The molecule has 3 aromatic rings. The zero-order valence-electron chi connectivity index (χ0n) is 17.5. The summed E-state index contributed by atoms with van der Waals surface area (Å²) in [5, 5.41) is 13.4. The van der Waals surface area contributed by atoms with E-state index in [9.17, 15) is 9.50 Å². The van der Waals surface area contributed by atoms with Gasteiger partial charge < -0.3 is 31.1 Å². The van der Waals surface area contributed by atoms with Crippen molar-refractivity contribution in [1.82, 2.24) is 14.5 Å². The molecule has 4 rings (SSSR count). The first kappa shape index (κ1) is 30.8. The minimum atomic E-state index is -0.244. The number of phenolic OH excluding ortho intramolecular Hbond substituents is 1. The quantitative estimate of drug-likeness (QED) is 0.380. The van der Waals surface area contributed by atoms with Crippen LogP contribution >= 0.6 is 50.9 Å². The Morgan fingerprint density at radius 1 is 1.06 bits per heavy atom. The van der Waals surface area contributed by atoms with Gasteiger partial charge in [0, 0.05) is 38.3 Å². The number of aromatic hydroxyl groups is 1. The summed E-state index contributed by atoms with van der Waals surface area (Å²) in [6.07, 6.45) is 2.07. The van der Waals surface area contributed by atoms with Gasteiger partial charge in [-0.1, -0.05) is 12.1 Å². The van der Waals surface area contributed by atoms with Crippen molar-refractivity contribution < 1.29 is 15.0 Å². The maximum Gasteiger partial charge on any atom is 0.204 e. The van der Waals surface area contributed by atoms with E-state index in [1.807, 2.05) is 6.07 Å². The van der Waals surface area contributed by atoms with Crippen LogP contribution in [0.3, 0.4) is 0 Å². The van der Waals surface area contributed by atoms with Crippen molar-refractivity contribution in [3.8, 4) is 5.75 Å². The molecular formula is C21H31Br3FN5O2. The van der Waals surface area contributed by atoms with Gasteiger partial charge >= 0.3 is 0 Å². The Hall–Kier alpha value is -1.24. The number of anilines is 1. The zero-order valence-corrected chi connectivity index (χ0v) is 22.7. The van der Waals surface area contributed by atoms with E-state index in [0.29, 0.717) is 19.1 Å². The van der Waals surface area contributed by atoms with E-state index in [4.69, 9.17) is 10.7 Å². The molecule has 7 nitrogen and oxygen atoms in total. The molecule has 1 aromatic heterocycles. The normalized spacial score (nSPS) is 13.9. The van der Waals surface area contributed by atoms with Gasteiger partial charge in [-0.25, -0.2) is 9.37 Å². The lowest BCUT2D eigenvalue weighted by Crippen LogP contribution is -2.41. The van der Waals surface area contributed by atoms with Crippen LogP contribution in [0.25, 0.3) is 11.0 Å². The summed E-state index contributed by atoms with van der Waals surface area (Å²) in [6, 6.07) is 12.1. The fourth-order valence-electron chi connectivity index (χ4n) is 3.83. The predicted molar refractivity (Wildman–Crippen MR) is 144 cm³/mol. The summed E-state index contributed by atoms with van der Waals surface area (Å²) < 4.78 is 15.4. The largest absolute Gasteiger partial charge is 0.508 e. The molecule has 0 unspecified atom stereocenters. The molecule has 2 heterocycles. The lowest BCUT2D eigenvalue weighted by atomic mass is 10.1. The molecule has 1 aliphatic heterocycles. The Kier molecular flexibility index (Phi) is 13.6. The van der Waals surface area contributed by atoms with Crippen LogP contribution in [0.4, 0.5) is 10.3 Å². The summed E-state index contributed by atoms with van der Waals surface area (Å²) in [5.41, 5.74) is 8.33. The average Bonchev–Trinajstić information content (AvgIpc) is 3.01. The van der Waals surface area contributed by atoms with E-state index < -0.39 is 0 Å². The van der Waals surface area contributed by atoms with E-state index >= 15 is 0 Å². The molecule has 1 aliphatic rings. The molecule has 0 aliphatic carbocycles. The molecule has 180 valence electrons. The summed E-state index contributed by atoms with van der Waals surface area (Å²) in [7, 11) is 0. The third-order valence-electron chi connectivity index (χ3n) is 5.35. The lowest BCUT2D eigenvalue weighted by Gasteiger charge is -2.32. The number of fused-ring (bicyclic) bond motifs is 1. The summed E-state index contributed by atoms with van der Waals surface area (Å²) in [6.45, 7) is 4.25. The smallest absolute Gasteiger partial charge is 0.204 e. The van der Waals surface area contributed by atoms with Gasteiger partial charge in [-0.05, 0) is 42.7 Å². The number of piperidine rings is 1. The maximum absolute atomic E-state index is 13.3. The molecule has 0 bridgehead atoms. The Bertz CT molecular complexity index is 951. The maximum atomic E-state index is 13.3. The van der Waals surface area contributed by atoms with Crippen molar-refractivity contribution in [3.63, 3.8) is 0 Å². The number of halogens is 4. The monoisotopic (exact) mass is 641 g/mol. The number of hydrogen-bond acceptors (Lipinski definition) is 5. The highest BCUT2D eigenvalue weighted by Gasteiger charge is 2.21. The third-order valence-corrected chi connectivity index (χ3v) is 5.35. The van der Waals surface area contributed by atoms with Gasteiger partial charge in [-0.15, -0.1) is 50.9 Å². The van der Waals surface area contributed by atoms with Crippen LogP contribution < -0.4 is 11.1 Å². The molecule has 11 heteroatoms. The number of imidazole rings is 1. The van der Waals surface area contributed by atoms with Gasteiger partial charge in [0.1, 0.15) is 11.6 Å². The third kappa shape index (κ3) is 7.39. The van der Waals surface area contributed by atoms with Crippen molar-refractivity contribution in [1.29, 1.82) is 0 Å². The molecular weight excluding hydrogens is 613 g/mol. The van der Waals surface area contributed by atoms with E-state index in [2.05, 4.69) is 14.8 Å². The van der Waals surface area contributed by atoms with Crippen molar-refractivity contribution in [3.05, 3.63) is 53.8 Å². The van der Waals surface area contributed by atoms with Crippen LogP contribution in [0.2, 0.25) is 0 Å². The van der Waals surface area contributed by atoms with Crippen molar-refractivity contribution in [2.75, 3.05) is 31.5 Å².